The lowest BCUT2D eigenvalue weighted by Gasteiger charge is -2.39. The standard InChI is InChI=1S/C24H28F4N6O3/c1-37-20-8-16(17(25)11-29-20)18-9-19(32-31-18)22(36)34-7-2-14(10-23(34)4-5-23)21(35)30-15-3-6-33(12-15)13-24(26,27)28/h8-9,11,14-15H,2-7,10,12-13H2,1H3,(H,30,35)(H,31,32)/t14-,15-/m1/s1. The zero-order chi connectivity index (χ0) is 26.4. The molecule has 3 fully saturated rings. The predicted octanol–water partition coefficient (Wildman–Crippen LogP) is 2.76. The van der Waals surface area contributed by atoms with Crippen molar-refractivity contribution in [3.8, 4) is 17.1 Å². The number of ether oxygens (including phenoxy) is 1. The molecule has 2 saturated heterocycles. The predicted molar refractivity (Wildman–Crippen MR) is 123 cm³/mol. The summed E-state index contributed by atoms with van der Waals surface area (Å²) in [5, 5.41) is 9.73. The quantitative estimate of drug-likeness (QED) is 0.564. The molecule has 37 heavy (non-hydrogen) atoms. The van der Waals surface area contributed by atoms with Crippen molar-refractivity contribution in [2.75, 3.05) is 33.3 Å². The summed E-state index contributed by atoms with van der Waals surface area (Å²) >= 11 is 0. The molecule has 1 spiro atoms. The third-order valence-electron chi connectivity index (χ3n) is 7.49. The second-order valence-electron chi connectivity index (χ2n) is 10.1. The molecule has 2 amide bonds. The second kappa shape index (κ2) is 9.58. The SMILES string of the molecule is COc1cc(-c2cc(C(=O)N3CC[C@@H](C(=O)N[C@@H]4CCN(CC(F)(F)F)C4)CC34CC4)n[nH]2)c(F)cn1. The molecule has 0 radical (unpaired) electrons. The highest BCUT2D eigenvalue weighted by Crippen LogP contribution is 2.50. The van der Waals surface area contributed by atoms with E-state index < -0.39 is 24.1 Å². The normalized spacial score (nSPS) is 23.3. The number of H-pyrrole nitrogens is 1. The zero-order valence-electron chi connectivity index (χ0n) is 20.3. The largest absolute Gasteiger partial charge is 0.481 e. The summed E-state index contributed by atoms with van der Waals surface area (Å²) in [5.74, 6) is -1.13. The van der Waals surface area contributed by atoms with Crippen LogP contribution in [0.5, 0.6) is 5.88 Å². The third-order valence-corrected chi connectivity index (χ3v) is 7.49. The molecule has 5 rings (SSSR count). The molecule has 9 nitrogen and oxygen atoms in total. The number of rotatable bonds is 6. The number of piperidine rings is 1. The van der Waals surface area contributed by atoms with Crippen LogP contribution in [0.3, 0.4) is 0 Å². The van der Waals surface area contributed by atoms with E-state index in [9.17, 15) is 27.2 Å². The van der Waals surface area contributed by atoms with Crippen LogP contribution < -0.4 is 10.1 Å². The van der Waals surface area contributed by atoms with Crippen molar-refractivity contribution < 1.29 is 31.9 Å². The fourth-order valence-corrected chi connectivity index (χ4v) is 5.46. The minimum Gasteiger partial charge on any atom is -0.481 e. The number of pyridine rings is 1. The molecular formula is C24H28F4N6O3. The Hall–Kier alpha value is -3.22. The van der Waals surface area contributed by atoms with Crippen molar-refractivity contribution in [1.82, 2.24) is 30.3 Å². The molecule has 13 heteroatoms. The molecule has 3 aliphatic rings. The summed E-state index contributed by atoms with van der Waals surface area (Å²) in [6, 6.07) is 2.59. The van der Waals surface area contributed by atoms with E-state index in [0.717, 1.165) is 19.0 Å². The molecule has 1 aliphatic carbocycles. The summed E-state index contributed by atoms with van der Waals surface area (Å²) in [6.07, 6.45) is -0.272. The summed E-state index contributed by atoms with van der Waals surface area (Å²) in [4.78, 5) is 33.1. The molecule has 2 N–H and O–H groups in total. The number of aromatic amines is 1. The van der Waals surface area contributed by atoms with Gasteiger partial charge in [-0.2, -0.15) is 18.3 Å². The number of likely N-dealkylation sites (tertiary alicyclic amines) is 2. The monoisotopic (exact) mass is 524 g/mol. The van der Waals surface area contributed by atoms with Crippen LogP contribution in [0, 0.1) is 11.7 Å². The average molecular weight is 525 g/mol. The lowest BCUT2D eigenvalue weighted by Crippen LogP contribution is -2.52. The highest BCUT2D eigenvalue weighted by molar-refractivity contribution is 5.94. The Morgan fingerprint density at radius 1 is 1.24 bits per heavy atom. The fourth-order valence-electron chi connectivity index (χ4n) is 5.46. The molecular weight excluding hydrogens is 496 g/mol. The van der Waals surface area contributed by atoms with Crippen molar-refractivity contribution >= 4 is 11.8 Å². The van der Waals surface area contributed by atoms with E-state index in [1.165, 1.54) is 24.1 Å². The molecule has 2 aliphatic heterocycles. The van der Waals surface area contributed by atoms with Crippen LogP contribution in [0.15, 0.2) is 18.3 Å². The number of nitrogens with one attached hydrogen (secondary N) is 2. The Labute approximate surface area is 210 Å². The zero-order valence-corrected chi connectivity index (χ0v) is 20.3. The Bertz CT molecular complexity index is 1180. The lowest BCUT2D eigenvalue weighted by atomic mass is 9.87. The van der Waals surface area contributed by atoms with Gasteiger partial charge in [0.2, 0.25) is 11.8 Å². The smallest absolute Gasteiger partial charge is 0.401 e. The number of carbonyl (C=O) groups is 2. The topological polar surface area (TPSA) is 103 Å². The van der Waals surface area contributed by atoms with Crippen LogP contribution in [0.2, 0.25) is 0 Å². The van der Waals surface area contributed by atoms with E-state index in [2.05, 4.69) is 20.5 Å². The highest BCUT2D eigenvalue weighted by atomic mass is 19.4. The average Bonchev–Trinajstić information content (AvgIpc) is 3.23. The van der Waals surface area contributed by atoms with Crippen LogP contribution in [0.1, 0.15) is 42.6 Å². The van der Waals surface area contributed by atoms with Gasteiger partial charge in [0.15, 0.2) is 11.5 Å². The third kappa shape index (κ3) is 5.41. The van der Waals surface area contributed by atoms with Gasteiger partial charge in [0, 0.05) is 48.8 Å². The van der Waals surface area contributed by atoms with Crippen LogP contribution in [0.25, 0.3) is 11.3 Å². The van der Waals surface area contributed by atoms with Crippen molar-refractivity contribution in [1.29, 1.82) is 0 Å². The molecule has 4 heterocycles. The Balaban J connectivity index is 1.20. The van der Waals surface area contributed by atoms with Gasteiger partial charge in [-0.1, -0.05) is 0 Å². The number of aromatic nitrogens is 3. The molecule has 0 aromatic carbocycles. The van der Waals surface area contributed by atoms with E-state index in [1.807, 2.05) is 0 Å². The van der Waals surface area contributed by atoms with E-state index >= 15 is 0 Å². The second-order valence-corrected chi connectivity index (χ2v) is 10.1. The highest BCUT2D eigenvalue weighted by Gasteiger charge is 2.55. The Morgan fingerprint density at radius 3 is 2.73 bits per heavy atom. The van der Waals surface area contributed by atoms with E-state index in [-0.39, 0.29) is 47.5 Å². The van der Waals surface area contributed by atoms with Gasteiger partial charge in [-0.25, -0.2) is 9.37 Å². The van der Waals surface area contributed by atoms with Gasteiger partial charge in [-0.05, 0) is 38.2 Å². The van der Waals surface area contributed by atoms with Crippen molar-refractivity contribution in [2.45, 2.75) is 49.9 Å². The first-order chi connectivity index (χ1) is 17.6. The first-order valence-electron chi connectivity index (χ1n) is 12.2. The maximum Gasteiger partial charge on any atom is 0.401 e. The molecule has 2 aromatic heterocycles. The van der Waals surface area contributed by atoms with E-state index in [4.69, 9.17) is 4.74 Å². The van der Waals surface area contributed by atoms with Gasteiger partial charge in [0.25, 0.3) is 5.91 Å². The fraction of sp³-hybridized carbons (Fsp3) is 0.583. The summed E-state index contributed by atoms with van der Waals surface area (Å²) in [6.45, 7) is -0.136. The van der Waals surface area contributed by atoms with Crippen molar-refractivity contribution in [2.24, 2.45) is 5.92 Å². The van der Waals surface area contributed by atoms with E-state index in [0.29, 0.717) is 38.0 Å². The van der Waals surface area contributed by atoms with Gasteiger partial charge in [-0.15, -0.1) is 0 Å². The number of nitrogens with zero attached hydrogens (tertiary/aromatic N) is 4. The molecule has 0 unspecified atom stereocenters. The Kier molecular flexibility index (Phi) is 6.59. The lowest BCUT2D eigenvalue weighted by molar-refractivity contribution is -0.143. The van der Waals surface area contributed by atoms with Gasteiger partial charge >= 0.3 is 6.18 Å². The van der Waals surface area contributed by atoms with Gasteiger partial charge in [-0.3, -0.25) is 19.6 Å². The molecule has 2 atom stereocenters. The van der Waals surface area contributed by atoms with Crippen LogP contribution >= 0.6 is 0 Å². The molecule has 2 aromatic rings. The number of amides is 2. The maximum absolute atomic E-state index is 14.3. The van der Waals surface area contributed by atoms with Gasteiger partial charge < -0.3 is 15.0 Å². The first-order valence-corrected chi connectivity index (χ1v) is 12.2. The van der Waals surface area contributed by atoms with Crippen molar-refractivity contribution in [3.63, 3.8) is 0 Å². The number of alkyl halides is 3. The van der Waals surface area contributed by atoms with Crippen LogP contribution in [0.4, 0.5) is 17.6 Å². The Morgan fingerprint density at radius 2 is 2.03 bits per heavy atom. The van der Waals surface area contributed by atoms with Gasteiger partial charge in [0.1, 0.15) is 0 Å². The summed E-state index contributed by atoms with van der Waals surface area (Å²) in [7, 11) is 1.42. The number of halogens is 4. The van der Waals surface area contributed by atoms with Crippen LogP contribution in [-0.2, 0) is 4.79 Å². The summed E-state index contributed by atoms with van der Waals surface area (Å²) < 4.78 is 57.3. The van der Waals surface area contributed by atoms with Crippen molar-refractivity contribution in [3.05, 3.63) is 29.8 Å². The van der Waals surface area contributed by atoms with Gasteiger partial charge in [0.05, 0.1) is 25.5 Å². The molecule has 1 saturated carbocycles. The minimum atomic E-state index is -4.26. The number of methoxy groups -OCH3 is 1. The summed E-state index contributed by atoms with van der Waals surface area (Å²) in [5.41, 5.74) is 0.210. The number of hydrogen-bond acceptors (Lipinski definition) is 6. The minimum absolute atomic E-state index is 0.148. The van der Waals surface area contributed by atoms with E-state index in [1.54, 1.807) is 4.90 Å². The first kappa shape index (κ1) is 25.4. The molecule has 200 valence electrons. The van der Waals surface area contributed by atoms with Crippen LogP contribution in [-0.4, -0.2) is 87.8 Å². The number of carbonyl (C=O) groups excluding carboxylic acids is 2. The molecule has 0 bridgehead atoms. The maximum atomic E-state index is 14.3. The number of hydrogen-bond donors (Lipinski definition) is 2.